The van der Waals surface area contributed by atoms with Crippen molar-refractivity contribution in [1.82, 2.24) is 5.32 Å². The smallest absolute Gasteiger partial charge is 0.163 e. The van der Waals surface area contributed by atoms with E-state index in [0.29, 0.717) is 17.1 Å². The van der Waals surface area contributed by atoms with Crippen LogP contribution in [0.1, 0.15) is 24.2 Å². The summed E-state index contributed by atoms with van der Waals surface area (Å²) >= 11 is 0. The van der Waals surface area contributed by atoms with E-state index in [2.05, 4.69) is 5.32 Å². The highest BCUT2D eigenvalue weighted by molar-refractivity contribution is 5.50. The molecule has 0 spiro atoms. The zero-order chi connectivity index (χ0) is 12.8. The Hall–Kier alpha value is -1.29. The Kier molecular flexibility index (Phi) is 5.22. The maximum absolute atomic E-state index is 13.4. The maximum atomic E-state index is 13.4. The van der Waals surface area contributed by atoms with E-state index in [-0.39, 0.29) is 0 Å². The molecule has 1 rings (SSSR count). The lowest BCUT2D eigenvalue weighted by Gasteiger charge is -2.15. The van der Waals surface area contributed by atoms with Gasteiger partial charge >= 0.3 is 0 Å². The summed E-state index contributed by atoms with van der Waals surface area (Å²) < 4.78 is 23.9. The number of benzene rings is 1. The molecule has 4 heteroatoms. The van der Waals surface area contributed by atoms with Crippen molar-refractivity contribution < 1.29 is 13.9 Å². The summed E-state index contributed by atoms with van der Waals surface area (Å²) in [6.07, 6.45) is -0.237. The van der Waals surface area contributed by atoms with Gasteiger partial charge in [-0.15, -0.1) is 0 Å². The van der Waals surface area contributed by atoms with Crippen LogP contribution in [0.15, 0.2) is 12.1 Å². The van der Waals surface area contributed by atoms with Crippen molar-refractivity contribution in [3.05, 3.63) is 23.3 Å². The number of hydrogen-bond acceptors (Lipinski definition) is 3. The molecule has 0 fully saturated rings. The van der Waals surface area contributed by atoms with Crippen LogP contribution in [0.3, 0.4) is 0 Å². The largest absolute Gasteiger partial charge is 0.493 e. The molecule has 0 saturated carbocycles. The molecule has 0 aromatic heterocycles. The van der Waals surface area contributed by atoms with E-state index in [1.165, 1.54) is 6.92 Å². The summed E-state index contributed by atoms with van der Waals surface area (Å²) in [5, 5.41) is 3.06. The first-order valence-corrected chi connectivity index (χ1v) is 5.67. The minimum Gasteiger partial charge on any atom is -0.493 e. The summed E-state index contributed by atoms with van der Waals surface area (Å²) in [4.78, 5) is 0. The molecule has 0 bridgehead atoms. The number of rotatable bonds is 6. The number of nitrogens with one attached hydrogen (secondary N) is 1. The van der Waals surface area contributed by atoms with Gasteiger partial charge in [-0.05, 0) is 50.2 Å². The Morgan fingerprint density at radius 2 is 2.00 bits per heavy atom. The van der Waals surface area contributed by atoms with Crippen molar-refractivity contribution in [2.75, 3.05) is 27.8 Å². The zero-order valence-electron chi connectivity index (χ0n) is 10.8. The van der Waals surface area contributed by atoms with Crippen LogP contribution in [0.25, 0.3) is 0 Å². The standard InChI is InChI=1S/C13H20FNO2/c1-9(14)11-7-10(5-6-15-2)13(17-4)12(8-11)16-3/h7-9,15H,5-6H2,1-4H3. The average molecular weight is 241 g/mol. The van der Waals surface area contributed by atoms with Crippen LogP contribution in [0, 0.1) is 0 Å². The quantitative estimate of drug-likeness (QED) is 0.830. The number of halogens is 1. The maximum Gasteiger partial charge on any atom is 0.163 e. The molecule has 96 valence electrons. The van der Waals surface area contributed by atoms with Crippen molar-refractivity contribution >= 4 is 0 Å². The summed E-state index contributed by atoms with van der Waals surface area (Å²) in [6, 6.07) is 3.52. The second-order valence-corrected chi connectivity index (χ2v) is 3.89. The van der Waals surface area contributed by atoms with Crippen LogP contribution in [-0.4, -0.2) is 27.8 Å². The molecular formula is C13H20FNO2. The second-order valence-electron chi connectivity index (χ2n) is 3.89. The highest BCUT2D eigenvalue weighted by Crippen LogP contribution is 2.35. The van der Waals surface area contributed by atoms with Crippen molar-refractivity contribution in [3.63, 3.8) is 0 Å². The normalized spacial score (nSPS) is 12.3. The van der Waals surface area contributed by atoms with Crippen molar-refractivity contribution in [2.24, 2.45) is 0 Å². The molecule has 0 heterocycles. The zero-order valence-corrected chi connectivity index (χ0v) is 10.8. The predicted octanol–water partition coefficient (Wildman–Crippen LogP) is 2.50. The molecule has 0 aliphatic rings. The fourth-order valence-corrected chi connectivity index (χ4v) is 1.74. The van der Waals surface area contributed by atoms with Gasteiger partial charge < -0.3 is 14.8 Å². The van der Waals surface area contributed by atoms with Crippen LogP contribution < -0.4 is 14.8 Å². The van der Waals surface area contributed by atoms with Gasteiger partial charge in [0.05, 0.1) is 14.2 Å². The Balaban J connectivity index is 3.17. The monoisotopic (exact) mass is 241 g/mol. The fourth-order valence-electron chi connectivity index (χ4n) is 1.74. The number of likely N-dealkylation sites (N-methyl/N-ethyl adjacent to an activating group) is 1. The highest BCUT2D eigenvalue weighted by Gasteiger charge is 2.14. The van der Waals surface area contributed by atoms with Gasteiger partial charge in [0, 0.05) is 0 Å². The minimum atomic E-state index is -1.01. The average Bonchev–Trinajstić information content (AvgIpc) is 2.34. The Morgan fingerprint density at radius 3 is 2.47 bits per heavy atom. The Morgan fingerprint density at radius 1 is 1.29 bits per heavy atom. The van der Waals surface area contributed by atoms with Gasteiger partial charge in [-0.1, -0.05) is 0 Å². The molecule has 0 saturated heterocycles. The van der Waals surface area contributed by atoms with E-state index in [9.17, 15) is 4.39 Å². The molecule has 1 aromatic rings. The van der Waals surface area contributed by atoms with Crippen LogP contribution in [0.2, 0.25) is 0 Å². The van der Waals surface area contributed by atoms with Crippen molar-refractivity contribution in [2.45, 2.75) is 19.5 Å². The topological polar surface area (TPSA) is 30.5 Å². The van der Waals surface area contributed by atoms with Gasteiger partial charge in [0.15, 0.2) is 11.5 Å². The number of hydrogen-bond donors (Lipinski definition) is 1. The molecule has 17 heavy (non-hydrogen) atoms. The lowest BCUT2D eigenvalue weighted by Crippen LogP contribution is -2.11. The Bertz CT molecular complexity index is 367. The molecule has 1 atom stereocenters. The molecule has 0 aliphatic carbocycles. The van der Waals surface area contributed by atoms with Crippen molar-refractivity contribution in [1.29, 1.82) is 0 Å². The summed E-state index contributed by atoms with van der Waals surface area (Å²) in [5.41, 5.74) is 1.58. The van der Waals surface area contributed by atoms with Crippen LogP contribution in [0.5, 0.6) is 11.5 Å². The van der Waals surface area contributed by atoms with Gasteiger partial charge in [0.25, 0.3) is 0 Å². The van der Waals surface area contributed by atoms with Crippen LogP contribution >= 0.6 is 0 Å². The molecule has 1 N–H and O–H groups in total. The summed E-state index contributed by atoms with van der Waals surface area (Å²) in [6.45, 7) is 2.33. The van der Waals surface area contributed by atoms with E-state index < -0.39 is 6.17 Å². The Labute approximate surface area is 102 Å². The SMILES string of the molecule is CNCCc1cc(C(C)F)cc(OC)c1OC. The van der Waals surface area contributed by atoms with Gasteiger partial charge in [-0.25, -0.2) is 4.39 Å². The van der Waals surface area contributed by atoms with Gasteiger partial charge in [-0.3, -0.25) is 0 Å². The molecule has 0 aliphatic heterocycles. The third-order valence-corrected chi connectivity index (χ3v) is 2.68. The van der Waals surface area contributed by atoms with Gasteiger partial charge in [0.1, 0.15) is 6.17 Å². The summed E-state index contributed by atoms with van der Waals surface area (Å²) in [5.74, 6) is 1.27. The third-order valence-electron chi connectivity index (χ3n) is 2.68. The lowest BCUT2D eigenvalue weighted by molar-refractivity contribution is 0.344. The molecule has 1 aromatic carbocycles. The fraction of sp³-hybridized carbons (Fsp3) is 0.538. The van der Waals surface area contributed by atoms with Gasteiger partial charge in [-0.2, -0.15) is 0 Å². The first-order chi connectivity index (χ1) is 8.13. The number of alkyl halides is 1. The molecule has 1 unspecified atom stereocenters. The number of ether oxygens (including phenoxy) is 2. The molecule has 0 radical (unpaired) electrons. The highest BCUT2D eigenvalue weighted by atomic mass is 19.1. The van der Waals surface area contributed by atoms with E-state index in [1.54, 1.807) is 20.3 Å². The first-order valence-electron chi connectivity index (χ1n) is 5.67. The second kappa shape index (κ2) is 6.45. The molecule has 0 amide bonds. The lowest BCUT2D eigenvalue weighted by atomic mass is 10.0. The number of methoxy groups -OCH3 is 2. The first kappa shape index (κ1) is 13.8. The van der Waals surface area contributed by atoms with Crippen LogP contribution in [0.4, 0.5) is 4.39 Å². The van der Waals surface area contributed by atoms with E-state index in [1.807, 2.05) is 13.1 Å². The van der Waals surface area contributed by atoms with Crippen LogP contribution in [-0.2, 0) is 6.42 Å². The van der Waals surface area contributed by atoms with E-state index in [0.717, 1.165) is 18.5 Å². The summed E-state index contributed by atoms with van der Waals surface area (Å²) in [7, 11) is 5.04. The van der Waals surface area contributed by atoms with E-state index in [4.69, 9.17) is 9.47 Å². The van der Waals surface area contributed by atoms with Gasteiger partial charge in [0.2, 0.25) is 0 Å². The minimum absolute atomic E-state index is 0.584. The van der Waals surface area contributed by atoms with E-state index >= 15 is 0 Å². The van der Waals surface area contributed by atoms with Crippen molar-refractivity contribution in [3.8, 4) is 11.5 Å². The molecular weight excluding hydrogens is 221 g/mol. The third kappa shape index (κ3) is 3.33. The molecule has 3 nitrogen and oxygen atoms in total. The predicted molar refractivity (Wildman–Crippen MR) is 66.7 cm³/mol.